The summed E-state index contributed by atoms with van der Waals surface area (Å²) in [5.41, 5.74) is 6.78. The van der Waals surface area contributed by atoms with Crippen molar-refractivity contribution in [2.45, 2.75) is 31.8 Å². The quantitative estimate of drug-likeness (QED) is 0.719. The lowest BCUT2D eigenvalue weighted by Crippen LogP contribution is -2.35. The highest BCUT2D eigenvalue weighted by Gasteiger charge is 2.12. The average molecular weight is 237 g/mol. The highest BCUT2D eigenvalue weighted by atomic mass is 16.5. The zero-order chi connectivity index (χ0) is 12.5. The van der Waals surface area contributed by atoms with Gasteiger partial charge in [-0.25, -0.2) is 0 Å². The molecular weight excluding hydrogens is 214 g/mol. The Morgan fingerprint density at radius 1 is 1.41 bits per heavy atom. The minimum absolute atomic E-state index is 0.302. The summed E-state index contributed by atoms with van der Waals surface area (Å²) in [4.78, 5) is 4.02. The van der Waals surface area contributed by atoms with Gasteiger partial charge in [-0.2, -0.15) is 0 Å². The molecule has 1 rings (SSSR count). The minimum atomic E-state index is 0.302. The Kier molecular flexibility index (Phi) is 6.77. The van der Waals surface area contributed by atoms with Gasteiger partial charge in [0.05, 0.1) is 6.61 Å². The van der Waals surface area contributed by atoms with Crippen LogP contribution in [0.1, 0.15) is 31.4 Å². The van der Waals surface area contributed by atoms with E-state index in [0.717, 1.165) is 26.0 Å². The van der Waals surface area contributed by atoms with Gasteiger partial charge < -0.3 is 15.8 Å². The Morgan fingerprint density at radius 2 is 2.12 bits per heavy atom. The van der Waals surface area contributed by atoms with Gasteiger partial charge in [-0.15, -0.1) is 0 Å². The fourth-order valence-electron chi connectivity index (χ4n) is 1.88. The van der Waals surface area contributed by atoms with E-state index in [1.807, 2.05) is 24.5 Å². The Morgan fingerprint density at radius 3 is 2.71 bits per heavy atom. The molecule has 0 radical (unpaired) electrons. The summed E-state index contributed by atoms with van der Waals surface area (Å²) in [5.74, 6) is 0. The van der Waals surface area contributed by atoms with Gasteiger partial charge in [0.2, 0.25) is 0 Å². The van der Waals surface area contributed by atoms with Crippen LogP contribution in [-0.2, 0) is 4.74 Å². The van der Waals surface area contributed by atoms with Gasteiger partial charge in [0.25, 0.3) is 0 Å². The molecule has 0 spiro atoms. The van der Waals surface area contributed by atoms with Gasteiger partial charge >= 0.3 is 0 Å². The van der Waals surface area contributed by atoms with E-state index in [4.69, 9.17) is 10.5 Å². The third kappa shape index (κ3) is 5.26. The standard InChI is InChI=1S/C13H23N3O/c1-11(12-5-8-15-9-6-12)16-13(10-17-2)4-3-7-14/h5-6,8-9,11,13,16H,3-4,7,10,14H2,1-2H3. The van der Waals surface area contributed by atoms with E-state index >= 15 is 0 Å². The third-order valence-corrected chi connectivity index (χ3v) is 2.82. The minimum Gasteiger partial charge on any atom is -0.383 e. The summed E-state index contributed by atoms with van der Waals surface area (Å²) < 4.78 is 5.22. The monoisotopic (exact) mass is 237 g/mol. The molecule has 0 aliphatic carbocycles. The van der Waals surface area contributed by atoms with Crippen molar-refractivity contribution >= 4 is 0 Å². The first-order valence-corrected chi connectivity index (χ1v) is 6.13. The number of nitrogens with two attached hydrogens (primary N) is 1. The van der Waals surface area contributed by atoms with Crippen LogP contribution in [0.4, 0.5) is 0 Å². The topological polar surface area (TPSA) is 60.2 Å². The Hall–Kier alpha value is -0.970. The van der Waals surface area contributed by atoms with E-state index in [0.29, 0.717) is 12.1 Å². The molecular formula is C13H23N3O. The van der Waals surface area contributed by atoms with E-state index < -0.39 is 0 Å². The van der Waals surface area contributed by atoms with Crippen LogP contribution in [0.2, 0.25) is 0 Å². The summed E-state index contributed by atoms with van der Waals surface area (Å²) in [7, 11) is 1.73. The van der Waals surface area contributed by atoms with Crippen molar-refractivity contribution in [1.29, 1.82) is 0 Å². The lowest BCUT2D eigenvalue weighted by atomic mass is 10.1. The number of aromatic nitrogens is 1. The maximum atomic E-state index is 5.54. The molecule has 0 aromatic carbocycles. The van der Waals surface area contributed by atoms with Crippen LogP contribution in [0.3, 0.4) is 0 Å². The number of methoxy groups -OCH3 is 1. The molecule has 4 heteroatoms. The number of ether oxygens (including phenoxy) is 1. The van der Waals surface area contributed by atoms with Gasteiger partial charge in [-0.1, -0.05) is 0 Å². The molecule has 4 nitrogen and oxygen atoms in total. The van der Waals surface area contributed by atoms with Crippen molar-refractivity contribution in [3.8, 4) is 0 Å². The molecule has 2 atom stereocenters. The zero-order valence-corrected chi connectivity index (χ0v) is 10.7. The summed E-state index contributed by atoms with van der Waals surface area (Å²) >= 11 is 0. The molecule has 3 N–H and O–H groups in total. The second-order valence-corrected chi connectivity index (χ2v) is 4.25. The summed E-state index contributed by atoms with van der Waals surface area (Å²) in [6.45, 7) is 3.60. The first kappa shape index (κ1) is 14.1. The van der Waals surface area contributed by atoms with Crippen LogP contribution < -0.4 is 11.1 Å². The molecule has 0 aliphatic heterocycles. The summed E-state index contributed by atoms with van der Waals surface area (Å²) in [6.07, 6.45) is 5.70. The van der Waals surface area contributed by atoms with Crippen molar-refractivity contribution in [2.24, 2.45) is 5.73 Å². The maximum absolute atomic E-state index is 5.54. The van der Waals surface area contributed by atoms with E-state index in [1.54, 1.807) is 7.11 Å². The van der Waals surface area contributed by atoms with Crippen molar-refractivity contribution in [3.63, 3.8) is 0 Å². The number of nitrogens with zero attached hydrogens (tertiary/aromatic N) is 1. The Bertz CT molecular complexity index is 292. The molecule has 0 saturated heterocycles. The van der Waals surface area contributed by atoms with Gasteiger partial charge in [0, 0.05) is 31.6 Å². The molecule has 0 aliphatic rings. The fraction of sp³-hybridized carbons (Fsp3) is 0.615. The van der Waals surface area contributed by atoms with Crippen LogP contribution >= 0.6 is 0 Å². The number of pyridine rings is 1. The molecule has 0 fully saturated rings. The van der Waals surface area contributed by atoms with Crippen molar-refractivity contribution in [2.75, 3.05) is 20.3 Å². The van der Waals surface area contributed by atoms with E-state index in [-0.39, 0.29) is 0 Å². The predicted molar refractivity (Wildman–Crippen MR) is 69.7 cm³/mol. The van der Waals surface area contributed by atoms with Crippen molar-refractivity contribution in [3.05, 3.63) is 30.1 Å². The van der Waals surface area contributed by atoms with Crippen molar-refractivity contribution < 1.29 is 4.74 Å². The molecule has 2 unspecified atom stereocenters. The number of nitrogens with one attached hydrogen (secondary N) is 1. The fourth-order valence-corrected chi connectivity index (χ4v) is 1.88. The lowest BCUT2D eigenvalue weighted by molar-refractivity contribution is 0.156. The van der Waals surface area contributed by atoms with Crippen LogP contribution in [0.5, 0.6) is 0 Å². The van der Waals surface area contributed by atoms with E-state index in [9.17, 15) is 0 Å². The van der Waals surface area contributed by atoms with Gasteiger partial charge in [0.1, 0.15) is 0 Å². The molecule has 1 aromatic rings. The Balaban J connectivity index is 2.48. The average Bonchev–Trinajstić information content (AvgIpc) is 2.37. The normalized spacial score (nSPS) is 14.5. The van der Waals surface area contributed by atoms with E-state index in [2.05, 4.69) is 17.2 Å². The lowest BCUT2D eigenvalue weighted by Gasteiger charge is -2.23. The first-order chi connectivity index (χ1) is 8.27. The summed E-state index contributed by atoms with van der Waals surface area (Å²) in [6, 6.07) is 4.72. The third-order valence-electron chi connectivity index (χ3n) is 2.82. The molecule has 0 amide bonds. The molecule has 1 heterocycles. The highest BCUT2D eigenvalue weighted by Crippen LogP contribution is 2.12. The number of hydrogen-bond acceptors (Lipinski definition) is 4. The van der Waals surface area contributed by atoms with Crippen LogP contribution in [0.15, 0.2) is 24.5 Å². The van der Waals surface area contributed by atoms with Gasteiger partial charge in [-0.05, 0) is 44.0 Å². The largest absolute Gasteiger partial charge is 0.383 e. The van der Waals surface area contributed by atoms with Crippen LogP contribution in [0, 0.1) is 0 Å². The molecule has 96 valence electrons. The number of rotatable bonds is 8. The molecule has 0 saturated carbocycles. The second-order valence-electron chi connectivity index (χ2n) is 4.25. The van der Waals surface area contributed by atoms with Crippen LogP contribution in [0.25, 0.3) is 0 Å². The van der Waals surface area contributed by atoms with Gasteiger partial charge in [-0.3, -0.25) is 4.98 Å². The SMILES string of the molecule is COCC(CCCN)NC(C)c1ccncc1. The molecule has 1 aromatic heterocycles. The zero-order valence-electron chi connectivity index (χ0n) is 10.7. The van der Waals surface area contributed by atoms with Gasteiger partial charge in [0.15, 0.2) is 0 Å². The van der Waals surface area contributed by atoms with Crippen LogP contribution in [-0.4, -0.2) is 31.3 Å². The van der Waals surface area contributed by atoms with Crippen molar-refractivity contribution in [1.82, 2.24) is 10.3 Å². The maximum Gasteiger partial charge on any atom is 0.0616 e. The van der Waals surface area contributed by atoms with E-state index in [1.165, 1.54) is 5.56 Å². The Labute approximate surface area is 104 Å². The summed E-state index contributed by atoms with van der Waals surface area (Å²) in [5, 5.41) is 3.56. The smallest absolute Gasteiger partial charge is 0.0616 e. The second kappa shape index (κ2) is 8.17. The predicted octanol–water partition coefficient (Wildman–Crippen LogP) is 1.49. The number of hydrogen-bond donors (Lipinski definition) is 2. The first-order valence-electron chi connectivity index (χ1n) is 6.13. The molecule has 17 heavy (non-hydrogen) atoms. The highest BCUT2D eigenvalue weighted by molar-refractivity contribution is 5.14. The molecule has 0 bridgehead atoms.